The van der Waals surface area contributed by atoms with E-state index in [4.69, 9.17) is 10.5 Å². The third kappa shape index (κ3) is 8.82. The van der Waals surface area contributed by atoms with E-state index >= 15 is 0 Å². The fourth-order valence-electron chi connectivity index (χ4n) is 2.43. The summed E-state index contributed by atoms with van der Waals surface area (Å²) in [4.78, 5) is 12.0. The lowest BCUT2D eigenvalue weighted by Crippen LogP contribution is -2.48. The molecule has 23 heavy (non-hydrogen) atoms. The SMILES string of the molecule is CCCCCC(C)NC(C)(C)COC(=O)c1ccc(N)cc1.Cl. The molecule has 0 aromatic heterocycles. The molecule has 0 spiro atoms. The lowest BCUT2D eigenvalue weighted by molar-refractivity contribution is 0.0388. The Morgan fingerprint density at radius 1 is 1.26 bits per heavy atom. The molecule has 0 aliphatic heterocycles. The van der Waals surface area contributed by atoms with Gasteiger partial charge >= 0.3 is 5.97 Å². The number of anilines is 1. The Labute approximate surface area is 146 Å². The summed E-state index contributed by atoms with van der Waals surface area (Å²) < 4.78 is 5.42. The molecule has 132 valence electrons. The van der Waals surface area contributed by atoms with Crippen LogP contribution in [0.15, 0.2) is 24.3 Å². The number of nitrogens with two attached hydrogens (primary N) is 1. The molecule has 0 bridgehead atoms. The predicted molar refractivity (Wildman–Crippen MR) is 99.2 cm³/mol. The molecule has 0 heterocycles. The van der Waals surface area contributed by atoms with E-state index in [2.05, 4.69) is 33.0 Å². The second-order valence-electron chi connectivity index (χ2n) is 6.62. The number of halogens is 1. The van der Waals surface area contributed by atoms with Crippen molar-refractivity contribution in [1.29, 1.82) is 0 Å². The van der Waals surface area contributed by atoms with Gasteiger partial charge in [-0.05, 0) is 51.5 Å². The molecule has 1 atom stereocenters. The van der Waals surface area contributed by atoms with Gasteiger partial charge in [0.15, 0.2) is 0 Å². The number of carbonyl (C=O) groups is 1. The molecule has 4 nitrogen and oxygen atoms in total. The van der Waals surface area contributed by atoms with Crippen molar-refractivity contribution in [3.8, 4) is 0 Å². The van der Waals surface area contributed by atoms with Crippen molar-refractivity contribution in [2.75, 3.05) is 12.3 Å². The first-order valence-electron chi connectivity index (χ1n) is 8.14. The van der Waals surface area contributed by atoms with Gasteiger partial charge in [-0.2, -0.15) is 0 Å². The van der Waals surface area contributed by atoms with Gasteiger partial charge in [0.1, 0.15) is 6.61 Å². The van der Waals surface area contributed by atoms with Crippen molar-refractivity contribution in [3.05, 3.63) is 29.8 Å². The number of hydrogen-bond donors (Lipinski definition) is 2. The van der Waals surface area contributed by atoms with Crippen LogP contribution < -0.4 is 11.1 Å². The zero-order valence-corrected chi connectivity index (χ0v) is 15.5. The third-order valence-corrected chi connectivity index (χ3v) is 3.59. The molecular formula is C18H31ClN2O2. The van der Waals surface area contributed by atoms with Crippen molar-refractivity contribution >= 4 is 24.1 Å². The first-order chi connectivity index (χ1) is 10.3. The highest BCUT2D eigenvalue weighted by Gasteiger charge is 2.22. The second kappa shape index (κ2) is 10.5. The number of hydrogen-bond acceptors (Lipinski definition) is 4. The predicted octanol–water partition coefficient (Wildman–Crippen LogP) is 4.18. The van der Waals surface area contributed by atoms with E-state index in [0.717, 1.165) is 6.42 Å². The topological polar surface area (TPSA) is 64.3 Å². The van der Waals surface area contributed by atoms with Gasteiger partial charge in [0.25, 0.3) is 0 Å². The number of ether oxygens (including phenoxy) is 1. The van der Waals surface area contributed by atoms with Crippen LogP contribution >= 0.6 is 12.4 Å². The van der Waals surface area contributed by atoms with Crippen LogP contribution in [0.5, 0.6) is 0 Å². The molecule has 0 saturated heterocycles. The number of unbranched alkanes of at least 4 members (excludes halogenated alkanes) is 2. The Bertz CT molecular complexity index is 461. The first-order valence-corrected chi connectivity index (χ1v) is 8.14. The van der Waals surface area contributed by atoms with E-state index < -0.39 is 0 Å². The number of nitrogen functional groups attached to an aromatic ring is 1. The molecule has 0 fully saturated rings. The summed E-state index contributed by atoms with van der Waals surface area (Å²) in [6, 6.07) is 7.19. The van der Waals surface area contributed by atoms with Gasteiger partial charge in [-0.3, -0.25) is 0 Å². The minimum Gasteiger partial charge on any atom is -0.460 e. The summed E-state index contributed by atoms with van der Waals surface area (Å²) in [7, 11) is 0. The summed E-state index contributed by atoms with van der Waals surface area (Å²) in [5.74, 6) is -0.312. The van der Waals surface area contributed by atoms with Gasteiger partial charge in [-0.1, -0.05) is 26.2 Å². The lowest BCUT2D eigenvalue weighted by atomic mass is 10.0. The molecule has 0 radical (unpaired) electrons. The van der Waals surface area contributed by atoms with Crippen LogP contribution in [-0.2, 0) is 4.74 Å². The van der Waals surface area contributed by atoms with Crippen LogP contribution in [0.3, 0.4) is 0 Å². The van der Waals surface area contributed by atoms with E-state index in [-0.39, 0.29) is 23.9 Å². The largest absolute Gasteiger partial charge is 0.460 e. The second-order valence-corrected chi connectivity index (χ2v) is 6.62. The Morgan fingerprint density at radius 3 is 2.43 bits per heavy atom. The Hall–Kier alpha value is -1.26. The van der Waals surface area contributed by atoms with Crippen LogP contribution in [0.25, 0.3) is 0 Å². The van der Waals surface area contributed by atoms with Crippen molar-refractivity contribution in [2.45, 2.75) is 65.0 Å². The molecular weight excluding hydrogens is 312 g/mol. The van der Waals surface area contributed by atoms with E-state index in [1.165, 1.54) is 19.3 Å². The lowest BCUT2D eigenvalue weighted by Gasteiger charge is -2.30. The zero-order chi connectivity index (χ0) is 16.6. The molecule has 1 rings (SSSR count). The molecule has 0 aliphatic carbocycles. The average Bonchev–Trinajstić information content (AvgIpc) is 2.45. The molecule has 0 aliphatic rings. The molecule has 1 aromatic rings. The minimum atomic E-state index is -0.312. The molecule has 1 aromatic carbocycles. The van der Waals surface area contributed by atoms with Gasteiger partial charge in [0.2, 0.25) is 0 Å². The van der Waals surface area contributed by atoms with Crippen molar-refractivity contribution in [3.63, 3.8) is 0 Å². The molecule has 5 heteroatoms. The monoisotopic (exact) mass is 342 g/mol. The van der Waals surface area contributed by atoms with Crippen LogP contribution in [0.1, 0.15) is 63.7 Å². The van der Waals surface area contributed by atoms with Crippen LogP contribution in [0, 0.1) is 0 Å². The Balaban J connectivity index is 0.00000484. The Kier molecular flexibility index (Phi) is 9.93. The van der Waals surface area contributed by atoms with E-state index in [9.17, 15) is 4.79 Å². The molecule has 0 saturated carbocycles. The van der Waals surface area contributed by atoms with Gasteiger partial charge in [0.05, 0.1) is 5.56 Å². The van der Waals surface area contributed by atoms with Crippen LogP contribution in [0.4, 0.5) is 5.69 Å². The first kappa shape index (κ1) is 21.7. The number of rotatable bonds is 9. The van der Waals surface area contributed by atoms with Crippen molar-refractivity contribution in [1.82, 2.24) is 5.32 Å². The fourth-order valence-corrected chi connectivity index (χ4v) is 2.43. The van der Waals surface area contributed by atoms with Crippen LogP contribution in [0.2, 0.25) is 0 Å². The zero-order valence-electron chi connectivity index (χ0n) is 14.7. The third-order valence-electron chi connectivity index (χ3n) is 3.59. The summed E-state index contributed by atoms with van der Waals surface area (Å²) in [6.07, 6.45) is 4.86. The molecule has 0 amide bonds. The maximum Gasteiger partial charge on any atom is 0.338 e. The highest BCUT2D eigenvalue weighted by atomic mass is 35.5. The van der Waals surface area contributed by atoms with E-state index in [1.54, 1.807) is 24.3 Å². The minimum absolute atomic E-state index is 0. The summed E-state index contributed by atoms with van der Waals surface area (Å²) in [5.41, 5.74) is 6.54. The summed E-state index contributed by atoms with van der Waals surface area (Å²) >= 11 is 0. The number of benzene rings is 1. The number of nitrogens with one attached hydrogen (secondary N) is 1. The number of esters is 1. The summed E-state index contributed by atoms with van der Waals surface area (Å²) in [6.45, 7) is 8.84. The summed E-state index contributed by atoms with van der Waals surface area (Å²) in [5, 5.41) is 3.53. The normalized spacial score (nSPS) is 12.3. The maximum atomic E-state index is 12.0. The Morgan fingerprint density at radius 2 is 1.87 bits per heavy atom. The standard InChI is InChI=1S/C18H30N2O2.ClH/c1-5-6-7-8-14(2)20-18(3,4)13-22-17(21)15-9-11-16(19)12-10-15;/h9-12,14,20H,5-8,13,19H2,1-4H3;1H. The molecule has 1 unspecified atom stereocenters. The highest BCUT2D eigenvalue weighted by molar-refractivity contribution is 5.89. The highest BCUT2D eigenvalue weighted by Crippen LogP contribution is 2.12. The van der Waals surface area contributed by atoms with Crippen LogP contribution in [-0.4, -0.2) is 24.2 Å². The quantitative estimate of drug-likeness (QED) is 0.401. The average molecular weight is 343 g/mol. The maximum absolute atomic E-state index is 12.0. The van der Waals surface area contributed by atoms with E-state index in [1.807, 2.05) is 0 Å². The van der Waals surface area contributed by atoms with E-state index in [0.29, 0.717) is 23.9 Å². The fraction of sp³-hybridized carbons (Fsp3) is 0.611. The smallest absolute Gasteiger partial charge is 0.338 e. The van der Waals surface area contributed by atoms with Gasteiger partial charge < -0.3 is 15.8 Å². The van der Waals surface area contributed by atoms with Gasteiger partial charge in [0, 0.05) is 17.3 Å². The van der Waals surface area contributed by atoms with Crippen molar-refractivity contribution in [2.24, 2.45) is 0 Å². The van der Waals surface area contributed by atoms with Gasteiger partial charge in [-0.15, -0.1) is 12.4 Å². The number of carbonyl (C=O) groups excluding carboxylic acids is 1. The van der Waals surface area contributed by atoms with Crippen molar-refractivity contribution < 1.29 is 9.53 Å². The van der Waals surface area contributed by atoms with Gasteiger partial charge in [-0.25, -0.2) is 4.79 Å². The molecule has 3 N–H and O–H groups in total.